The van der Waals surface area contributed by atoms with Gasteiger partial charge in [-0.25, -0.2) is 4.98 Å². The largest absolute Gasteiger partial charge is 0.382 e. The van der Waals surface area contributed by atoms with E-state index >= 15 is 0 Å². The van der Waals surface area contributed by atoms with E-state index in [-0.39, 0.29) is 0 Å². The summed E-state index contributed by atoms with van der Waals surface area (Å²) in [5.74, 6) is 0.516. The highest BCUT2D eigenvalue weighted by atomic mass is 16.3. The first-order valence-corrected chi connectivity index (χ1v) is 7.57. The van der Waals surface area contributed by atoms with Gasteiger partial charge in [-0.1, -0.05) is 38.2 Å². The summed E-state index contributed by atoms with van der Waals surface area (Å²) in [6, 6.07) is 4.77. The molecule has 0 aliphatic heterocycles. The highest BCUT2D eigenvalue weighted by Gasteiger charge is 2.26. The van der Waals surface area contributed by atoms with Crippen molar-refractivity contribution in [2.24, 2.45) is 11.7 Å². The van der Waals surface area contributed by atoms with Crippen LogP contribution in [-0.2, 0) is 4.79 Å². The molecule has 1 saturated carbocycles. The van der Waals surface area contributed by atoms with Gasteiger partial charge in [-0.05, 0) is 24.5 Å². The van der Waals surface area contributed by atoms with E-state index in [1.54, 1.807) is 24.4 Å². The van der Waals surface area contributed by atoms with Crippen LogP contribution < -0.4 is 16.6 Å². The van der Waals surface area contributed by atoms with E-state index in [4.69, 9.17) is 5.73 Å². The van der Waals surface area contributed by atoms with E-state index in [1.165, 1.54) is 19.3 Å². The van der Waals surface area contributed by atoms with Crippen LogP contribution >= 0.6 is 0 Å². The van der Waals surface area contributed by atoms with Gasteiger partial charge in [0.1, 0.15) is 11.9 Å². The minimum Gasteiger partial charge on any atom is -0.382 e. The number of hydrogen-bond donors (Lipinski definition) is 4. The first-order valence-electron chi connectivity index (χ1n) is 7.57. The number of carbonyl (C=O) groups is 1. The summed E-state index contributed by atoms with van der Waals surface area (Å²) in [5.41, 5.74) is 11.1. The van der Waals surface area contributed by atoms with Crippen molar-refractivity contribution in [3.63, 3.8) is 0 Å². The van der Waals surface area contributed by atoms with Gasteiger partial charge in [-0.15, -0.1) is 0 Å². The highest BCUT2D eigenvalue weighted by Crippen LogP contribution is 2.27. The molecule has 2 rings (SSSR count). The van der Waals surface area contributed by atoms with Crippen LogP contribution in [0.4, 0.5) is 5.82 Å². The molecule has 6 heteroatoms. The Balaban J connectivity index is 1.75. The van der Waals surface area contributed by atoms with Crippen molar-refractivity contribution in [2.75, 3.05) is 5.43 Å². The van der Waals surface area contributed by atoms with E-state index in [2.05, 4.69) is 15.8 Å². The lowest BCUT2D eigenvalue weighted by Gasteiger charge is -2.26. The van der Waals surface area contributed by atoms with Crippen molar-refractivity contribution in [2.45, 2.75) is 50.7 Å². The van der Waals surface area contributed by atoms with E-state index in [9.17, 15) is 9.90 Å². The van der Waals surface area contributed by atoms with E-state index in [0.29, 0.717) is 18.2 Å². The molecule has 0 saturated heterocycles. The van der Waals surface area contributed by atoms with Gasteiger partial charge >= 0.3 is 0 Å². The predicted molar refractivity (Wildman–Crippen MR) is 81.2 cm³/mol. The van der Waals surface area contributed by atoms with Gasteiger partial charge in [-0.2, -0.15) is 0 Å². The number of carbonyl (C=O) groups excluding carboxylic acids is 1. The quantitative estimate of drug-likeness (QED) is 0.590. The van der Waals surface area contributed by atoms with Gasteiger partial charge < -0.3 is 10.8 Å². The van der Waals surface area contributed by atoms with E-state index in [0.717, 1.165) is 12.8 Å². The maximum Gasteiger partial charge on any atom is 0.268 e. The molecular formula is C15H24N4O2. The Morgan fingerprint density at radius 3 is 2.81 bits per heavy atom. The molecule has 1 fully saturated rings. The molecule has 21 heavy (non-hydrogen) atoms. The lowest BCUT2D eigenvalue weighted by molar-refractivity contribution is -0.130. The maximum atomic E-state index is 11.9. The second-order valence-electron chi connectivity index (χ2n) is 5.68. The standard InChI is InChI=1S/C15H24N4O2/c16-12(10-11-6-2-1-3-7-11)14(20)15(21)19-18-13-8-4-5-9-17-13/h4-5,8-9,11-12,14,20H,1-3,6-7,10,16H2,(H,17,18)(H,19,21)/t12-,14?/m1/s1. The van der Waals surface area contributed by atoms with Crippen LogP contribution in [0.15, 0.2) is 24.4 Å². The number of amides is 1. The van der Waals surface area contributed by atoms with Crippen LogP contribution in [0.5, 0.6) is 0 Å². The molecule has 0 spiro atoms. The Kier molecular flexibility index (Phi) is 5.95. The molecule has 1 aliphatic carbocycles. The third-order valence-corrected chi connectivity index (χ3v) is 3.98. The van der Waals surface area contributed by atoms with Crippen molar-refractivity contribution in [3.05, 3.63) is 24.4 Å². The van der Waals surface area contributed by atoms with Gasteiger partial charge in [0.2, 0.25) is 0 Å². The highest BCUT2D eigenvalue weighted by molar-refractivity contribution is 5.82. The van der Waals surface area contributed by atoms with Crippen molar-refractivity contribution < 1.29 is 9.90 Å². The molecule has 0 radical (unpaired) electrons. The number of aromatic nitrogens is 1. The van der Waals surface area contributed by atoms with Crippen molar-refractivity contribution in [1.82, 2.24) is 10.4 Å². The summed E-state index contributed by atoms with van der Waals surface area (Å²) in [4.78, 5) is 15.9. The van der Waals surface area contributed by atoms with E-state index < -0.39 is 18.1 Å². The number of rotatable bonds is 6. The average Bonchev–Trinajstić information content (AvgIpc) is 2.53. The number of aliphatic hydroxyl groups is 1. The van der Waals surface area contributed by atoms with Crippen molar-refractivity contribution in [1.29, 1.82) is 0 Å². The molecule has 5 N–H and O–H groups in total. The fourth-order valence-corrected chi connectivity index (χ4v) is 2.77. The first-order chi connectivity index (χ1) is 10.2. The molecule has 0 bridgehead atoms. The summed E-state index contributed by atoms with van der Waals surface area (Å²) < 4.78 is 0. The molecule has 1 aromatic heterocycles. The summed E-state index contributed by atoms with van der Waals surface area (Å²) in [6.45, 7) is 0. The second-order valence-corrected chi connectivity index (χ2v) is 5.68. The molecule has 1 amide bonds. The zero-order valence-electron chi connectivity index (χ0n) is 12.2. The number of hydrazine groups is 1. The Morgan fingerprint density at radius 1 is 1.38 bits per heavy atom. The van der Waals surface area contributed by atoms with Gasteiger partial charge in [0.05, 0.1) is 0 Å². The van der Waals surface area contributed by atoms with Gasteiger partial charge in [-0.3, -0.25) is 15.6 Å². The summed E-state index contributed by atoms with van der Waals surface area (Å²) in [6.07, 6.45) is 7.12. The molecule has 6 nitrogen and oxygen atoms in total. The SMILES string of the molecule is N[C@H](CC1CCCCC1)C(O)C(=O)NNc1ccccn1. The zero-order valence-corrected chi connectivity index (χ0v) is 12.2. The molecule has 1 aliphatic rings. The monoisotopic (exact) mass is 292 g/mol. The lowest BCUT2D eigenvalue weighted by atomic mass is 9.84. The number of nitrogens with two attached hydrogens (primary N) is 1. The fraction of sp³-hybridized carbons (Fsp3) is 0.600. The third-order valence-electron chi connectivity index (χ3n) is 3.98. The zero-order chi connectivity index (χ0) is 15.1. The number of pyridine rings is 1. The number of nitrogens with one attached hydrogen (secondary N) is 2. The average molecular weight is 292 g/mol. The van der Waals surface area contributed by atoms with Crippen molar-refractivity contribution >= 4 is 11.7 Å². The number of hydrogen-bond acceptors (Lipinski definition) is 5. The summed E-state index contributed by atoms with van der Waals surface area (Å²) >= 11 is 0. The van der Waals surface area contributed by atoms with Crippen LogP contribution in [0.2, 0.25) is 0 Å². The molecule has 0 aromatic carbocycles. The van der Waals surface area contributed by atoms with E-state index in [1.807, 2.05) is 0 Å². The predicted octanol–water partition coefficient (Wildman–Crippen LogP) is 1.18. The Bertz CT molecular complexity index is 435. The smallest absolute Gasteiger partial charge is 0.268 e. The van der Waals surface area contributed by atoms with Crippen LogP contribution in [0.3, 0.4) is 0 Å². The molecular weight excluding hydrogens is 268 g/mol. The van der Waals surface area contributed by atoms with Crippen LogP contribution in [0.1, 0.15) is 38.5 Å². The number of anilines is 1. The topological polar surface area (TPSA) is 100 Å². The van der Waals surface area contributed by atoms with Gasteiger partial charge in [0, 0.05) is 12.2 Å². The Labute approximate surface area is 125 Å². The van der Waals surface area contributed by atoms with Gasteiger partial charge in [0.25, 0.3) is 5.91 Å². The second kappa shape index (κ2) is 7.95. The fourth-order valence-electron chi connectivity index (χ4n) is 2.77. The first kappa shape index (κ1) is 15.7. The van der Waals surface area contributed by atoms with Crippen LogP contribution in [0.25, 0.3) is 0 Å². The third kappa shape index (κ3) is 4.99. The summed E-state index contributed by atoms with van der Waals surface area (Å²) in [7, 11) is 0. The van der Waals surface area contributed by atoms with Gasteiger partial charge in [0.15, 0.2) is 0 Å². The van der Waals surface area contributed by atoms with Crippen LogP contribution in [0, 0.1) is 5.92 Å². The minimum absolute atomic E-state index is 0.513. The normalized spacial score (nSPS) is 18.8. The Hall–Kier alpha value is -1.66. The van der Waals surface area contributed by atoms with Crippen molar-refractivity contribution in [3.8, 4) is 0 Å². The number of aliphatic hydroxyl groups excluding tert-OH is 1. The minimum atomic E-state index is -1.21. The Morgan fingerprint density at radius 2 is 2.14 bits per heavy atom. The molecule has 2 atom stereocenters. The maximum absolute atomic E-state index is 11.9. The molecule has 1 unspecified atom stereocenters. The van der Waals surface area contributed by atoms with Crippen LogP contribution in [-0.4, -0.2) is 28.1 Å². The number of nitrogens with zero attached hydrogens (tertiary/aromatic N) is 1. The molecule has 1 heterocycles. The molecule has 1 aromatic rings. The molecule has 116 valence electrons. The summed E-state index contributed by atoms with van der Waals surface area (Å²) in [5, 5.41) is 10.00. The lowest BCUT2D eigenvalue weighted by Crippen LogP contribution is -2.48.